The zero-order chi connectivity index (χ0) is 17.8. The van der Waals surface area contributed by atoms with E-state index in [-0.39, 0.29) is 19.0 Å². The van der Waals surface area contributed by atoms with Gasteiger partial charge in [-0.15, -0.1) is 5.10 Å². The third kappa shape index (κ3) is 3.59. The van der Waals surface area contributed by atoms with Crippen molar-refractivity contribution in [2.45, 2.75) is 13.8 Å². The van der Waals surface area contributed by atoms with Gasteiger partial charge in [0.2, 0.25) is 5.82 Å². The van der Waals surface area contributed by atoms with Crippen LogP contribution in [0.25, 0.3) is 17.1 Å². The molecule has 3 rings (SSSR count). The number of aliphatic hydroxyl groups excluding tert-OH is 1. The molecule has 0 saturated carbocycles. The summed E-state index contributed by atoms with van der Waals surface area (Å²) >= 11 is 0. The van der Waals surface area contributed by atoms with E-state index in [2.05, 4.69) is 15.4 Å². The molecular weight excluding hydrogens is 316 g/mol. The van der Waals surface area contributed by atoms with Crippen LogP contribution in [0, 0.1) is 13.8 Å². The van der Waals surface area contributed by atoms with Gasteiger partial charge in [-0.25, -0.2) is 9.67 Å². The second-order valence-corrected chi connectivity index (χ2v) is 5.81. The number of carbonyl (C=O) groups excluding carboxylic acids is 1. The molecule has 1 heterocycles. The minimum atomic E-state index is -0.407. The van der Waals surface area contributed by atoms with Gasteiger partial charge in [-0.3, -0.25) is 4.79 Å². The molecule has 6 heteroatoms. The number of aryl methyl sites for hydroxylation is 2. The van der Waals surface area contributed by atoms with E-state index in [4.69, 9.17) is 5.11 Å². The highest BCUT2D eigenvalue weighted by atomic mass is 16.3. The first-order valence-corrected chi connectivity index (χ1v) is 8.09. The highest BCUT2D eigenvalue weighted by Gasteiger charge is 2.19. The Morgan fingerprint density at radius 3 is 2.68 bits per heavy atom. The van der Waals surface area contributed by atoms with Crippen molar-refractivity contribution >= 4 is 5.91 Å². The minimum absolute atomic E-state index is 0.0770. The maximum absolute atomic E-state index is 12.2. The third-order valence-corrected chi connectivity index (χ3v) is 3.83. The van der Waals surface area contributed by atoms with Crippen LogP contribution in [0.2, 0.25) is 0 Å². The van der Waals surface area contributed by atoms with Crippen molar-refractivity contribution in [2.24, 2.45) is 0 Å². The molecule has 2 N–H and O–H groups in total. The lowest BCUT2D eigenvalue weighted by Crippen LogP contribution is -2.27. The average Bonchev–Trinajstić information content (AvgIpc) is 3.05. The second-order valence-electron chi connectivity index (χ2n) is 5.81. The van der Waals surface area contributed by atoms with Gasteiger partial charge in [0.15, 0.2) is 5.82 Å². The van der Waals surface area contributed by atoms with Gasteiger partial charge < -0.3 is 10.4 Å². The van der Waals surface area contributed by atoms with Crippen molar-refractivity contribution in [2.75, 3.05) is 13.2 Å². The van der Waals surface area contributed by atoms with Crippen molar-refractivity contribution in [3.8, 4) is 17.1 Å². The number of benzene rings is 2. The van der Waals surface area contributed by atoms with Crippen LogP contribution in [-0.4, -0.2) is 38.9 Å². The summed E-state index contributed by atoms with van der Waals surface area (Å²) in [7, 11) is 0. The molecule has 0 unspecified atom stereocenters. The maximum atomic E-state index is 12.2. The molecule has 1 aromatic heterocycles. The summed E-state index contributed by atoms with van der Waals surface area (Å²) in [6.07, 6.45) is 0. The predicted molar refractivity (Wildman–Crippen MR) is 95.7 cm³/mol. The molecule has 6 nitrogen and oxygen atoms in total. The summed E-state index contributed by atoms with van der Waals surface area (Å²) in [5, 5.41) is 15.9. The lowest BCUT2D eigenvalue weighted by atomic mass is 10.1. The Morgan fingerprint density at radius 1 is 1.16 bits per heavy atom. The van der Waals surface area contributed by atoms with Crippen LogP contribution in [0.5, 0.6) is 0 Å². The lowest BCUT2D eigenvalue weighted by Gasteiger charge is -2.09. The van der Waals surface area contributed by atoms with Gasteiger partial charge >= 0.3 is 0 Å². The molecule has 0 aliphatic carbocycles. The van der Waals surface area contributed by atoms with Crippen molar-refractivity contribution in [1.82, 2.24) is 20.1 Å². The predicted octanol–water partition coefficient (Wildman–Crippen LogP) is 2.27. The summed E-state index contributed by atoms with van der Waals surface area (Å²) in [6.45, 7) is 4.03. The number of aliphatic hydroxyl groups is 1. The molecule has 0 radical (unpaired) electrons. The zero-order valence-electron chi connectivity index (χ0n) is 14.2. The first kappa shape index (κ1) is 16.9. The zero-order valence-corrected chi connectivity index (χ0v) is 14.2. The van der Waals surface area contributed by atoms with E-state index in [1.807, 2.05) is 62.4 Å². The van der Waals surface area contributed by atoms with Gasteiger partial charge in [-0.1, -0.05) is 42.0 Å². The lowest BCUT2D eigenvalue weighted by molar-refractivity contribution is 0.0934. The molecule has 2 aromatic carbocycles. The number of hydrogen-bond acceptors (Lipinski definition) is 4. The fourth-order valence-electron chi connectivity index (χ4n) is 2.60. The summed E-state index contributed by atoms with van der Waals surface area (Å²) < 4.78 is 1.69. The molecule has 128 valence electrons. The Labute approximate surface area is 146 Å². The van der Waals surface area contributed by atoms with Crippen LogP contribution in [0.3, 0.4) is 0 Å². The van der Waals surface area contributed by atoms with Gasteiger partial charge in [0, 0.05) is 12.1 Å². The van der Waals surface area contributed by atoms with Crippen LogP contribution < -0.4 is 5.32 Å². The SMILES string of the molecule is Cc1cccc(-c2nc(C(=O)NCCO)nn2-c2ccccc2C)c1. The number of nitrogens with zero attached hydrogens (tertiary/aromatic N) is 3. The summed E-state index contributed by atoms with van der Waals surface area (Å²) in [5.74, 6) is 0.274. The van der Waals surface area contributed by atoms with Crippen LogP contribution >= 0.6 is 0 Å². The molecule has 0 bridgehead atoms. The first-order valence-electron chi connectivity index (χ1n) is 8.09. The van der Waals surface area contributed by atoms with Crippen LogP contribution in [0.1, 0.15) is 21.7 Å². The Kier molecular flexibility index (Phi) is 4.90. The van der Waals surface area contributed by atoms with Crippen molar-refractivity contribution in [1.29, 1.82) is 0 Å². The van der Waals surface area contributed by atoms with Gasteiger partial charge in [0.25, 0.3) is 5.91 Å². The van der Waals surface area contributed by atoms with Crippen molar-refractivity contribution < 1.29 is 9.90 Å². The van der Waals surface area contributed by atoms with Crippen molar-refractivity contribution in [3.63, 3.8) is 0 Å². The summed E-state index contributed by atoms with van der Waals surface area (Å²) in [4.78, 5) is 16.7. The van der Waals surface area contributed by atoms with Crippen LogP contribution in [-0.2, 0) is 0 Å². The first-order chi connectivity index (χ1) is 12.1. The normalized spacial score (nSPS) is 10.7. The minimum Gasteiger partial charge on any atom is -0.395 e. The average molecular weight is 336 g/mol. The molecule has 0 fully saturated rings. The summed E-state index contributed by atoms with van der Waals surface area (Å²) in [5.41, 5.74) is 3.89. The molecular formula is C19H20N4O2. The second kappa shape index (κ2) is 7.27. The van der Waals surface area contributed by atoms with Gasteiger partial charge in [0.05, 0.1) is 12.3 Å². The van der Waals surface area contributed by atoms with Crippen LogP contribution in [0.4, 0.5) is 0 Å². The largest absolute Gasteiger partial charge is 0.395 e. The van der Waals surface area contributed by atoms with E-state index in [1.165, 1.54) is 0 Å². The molecule has 0 atom stereocenters. The monoisotopic (exact) mass is 336 g/mol. The van der Waals surface area contributed by atoms with Gasteiger partial charge in [0.1, 0.15) is 0 Å². The van der Waals surface area contributed by atoms with Crippen molar-refractivity contribution in [3.05, 3.63) is 65.5 Å². The number of para-hydroxylation sites is 1. The number of rotatable bonds is 5. The fraction of sp³-hybridized carbons (Fsp3) is 0.211. The quantitative estimate of drug-likeness (QED) is 0.749. The van der Waals surface area contributed by atoms with Gasteiger partial charge in [-0.2, -0.15) is 0 Å². The number of carbonyl (C=O) groups is 1. The van der Waals surface area contributed by atoms with Crippen LogP contribution in [0.15, 0.2) is 48.5 Å². The van der Waals surface area contributed by atoms with E-state index in [0.717, 1.165) is 22.4 Å². The number of amides is 1. The number of hydrogen-bond donors (Lipinski definition) is 2. The Hall–Kier alpha value is -2.99. The molecule has 3 aromatic rings. The Morgan fingerprint density at radius 2 is 1.96 bits per heavy atom. The Bertz CT molecular complexity index is 902. The molecule has 0 aliphatic rings. The third-order valence-electron chi connectivity index (χ3n) is 3.83. The standard InChI is InChI=1S/C19H20N4O2/c1-13-6-5-8-15(12-13)18-21-17(19(25)20-10-11-24)22-23(18)16-9-4-3-7-14(16)2/h3-9,12,24H,10-11H2,1-2H3,(H,20,25). The van der Waals surface area contributed by atoms with E-state index in [9.17, 15) is 4.79 Å². The molecule has 25 heavy (non-hydrogen) atoms. The molecule has 0 aliphatic heterocycles. The number of nitrogens with one attached hydrogen (secondary N) is 1. The van der Waals surface area contributed by atoms with E-state index in [0.29, 0.717) is 5.82 Å². The van der Waals surface area contributed by atoms with E-state index in [1.54, 1.807) is 4.68 Å². The molecule has 0 spiro atoms. The number of aromatic nitrogens is 3. The fourth-order valence-corrected chi connectivity index (χ4v) is 2.60. The highest BCUT2D eigenvalue weighted by molar-refractivity contribution is 5.91. The summed E-state index contributed by atoms with van der Waals surface area (Å²) in [6, 6.07) is 15.7. The van der Waals surface area contributed by atoms with E-state index < -0.39 is 5.91 Å². The van der Waals surface area contributed by atoms with E-state index >= 15 is 0 Å². The highest BCUT2D eigenvalue weighted by Crippen LogP contribution is 2.23. The topological polar surface area (TPSA) is 80.0 Å². The molecule has 0 saturated heterocycles. The maximum Gasteiger partial charge on any atom is 0.291 e. The molecule has 1 amide bonds. The van der Waals surface area contributed by atoms with Gasteiger partial charge in [-0.05, 0) is 31.5 Å². The smallest absolute Gasteiger partial charge is 0.291 e. The Balaban J connectivity index is 2.13.